The van der Waals surface area contributed by atoms with Gasteiger partial charge in [0.25, 0.3) is 0 Å². The minimum atomic E-state index is -0.521. The third-order valence-electron chi connectivity index (χ3n) is 3.03. The van der Waals surface area contributed by atoms with E-state index in [9.17, 15) is 4.39 Å². The number of amidine groups is 1. The first-order valence-electron chi connectivity index (χ1n) is 6.28. The van der Waals surface area contributed by atoms with Gasteiger partial charge in [-0.25, -0.2) is 4.39 Å². The summed E-state index contributed by atoms with van der Waals surface area (Å²) in [4.78, 5) is 1.90. The fourth-order valence-electron chi connectivity index (χ4n) is 2.14. The molecule has 0 heterocycles. The molecule has 4 nitrogen and oxygen atoms in total. The molecule has 0 saturated carbocycles. The van der Waals surface area contributed by atoms with Crippen molar-refractivity contribution in [3.05, 3.63) is 59.9 Å². The van der Waals surface area contributed by atoms with Crippen molar-refractivity contribution in [3.63, 3.8) is 0 Å². The van der Waals surface area contributed by atoms with Gasteiger partial charge >= 0.3 is 0 Å². The van der Waals surface area contributed by atoms with Crippen LogP contribution in [-0.2, 0) is 0 Å². The van der Waals surface area contributed by atoms with Gasteiger partial charge in [0.2, 0.25) is 0 Å². The van der Waals surface area contributed by atoms with E-state index in [1.54, 1.807) is 12.1 Å². The molecule has 0 amide bonds. The normalized spacial score (nSPS) is 11.4. The molecule has 0 bridgehead atoms. The highest BCUT2D eigenvalue weighted by Crippen LogP contribution is 2.29. The molecule has 0 fully saturated rings. The van der Waals surface area contributed by atoms with Gasteiger partial charge in [-0.1, -0.05) is 29.4 Å². The number of para-hydroxylation sites is 1. The molecule has 0 aromatic heterocycles. The van der Waals surface area contributed by atoms with Crippen molar-refractivity contribution >= 4 is 17.2 Å². The molecule has 2 aromatic carbocycles. The van der Waals surface area contributed by atoms with E-state index in [1.165, 1.54) is 6.07 Å². The second kappa shape index (κ2) is 6.06. The molecular formula is C15H16FN3O. The lowest BCUT2D eigenvalue weighted by Gasteiger charge is -2.25. The van der Waals surface area contributed by atoms with Crippen molar-refractivity contribution in [2.75, 3.05) is 11.4 Å². The van der Waals surface area contributed by atoms with Crippen molar-refractivity contribution in [2.24, 2.45) is 10.9 Å². The molecule has 0 aliphatic carbocycles. The van der Waals surface area contributed by atoms with E-state index < -0.39 is 5.82 Å². The maximum Gasteiger partial charge on any atom is 0.175 e. The lowest BCUT2D eigenvalue weighted by atomic mass is 10.1. The molecule has 5 heteroatoms. The molecule has 0 atom stereocenters. The number of nitrogens with two attached hydrogens (primary N) is 1. The van der Waals surface area contributed by atoms with Crippen LogP contribution in [0.3, 0.4) is 0 Å². The van der Waals surface area contributed by atoms with Crippen LogP contribution in [0.25, 0.3) is 0 Å². The molecule has 104 valence electrons. The van der Waals surface area contributed by atoms with Crippen molar-refractivity contribution in [1.29, 1.82) is 0 Å². The average molecular weight is 273 g/mol. The number of hydrogen-bond donors (Lipinski definition) is 2. The van der Waals surface area contributed by atoms with Crippen LogP contribution in [0.2, 0.25) is 0 Å². The third-order valence-corrected chi connectivity index (χ3v) is 3.03. The molecule has 2 rings (SSSR count). The van der Waals surface area contributed by atoms with E-state index in [-0.39, 0.29) is 11.4 Å². The molecule has 3 N–H and O–H groups in total. The van der Waals surface area contributed by atoms with Gasteiger partial charge in [-0.2, -0.15) is 0 Å². The van der Waals surface area contributed by atoms with Gasteiger partial charge < -0.3 is 15.8 Å². The summed E-state index contributed by atoms with van der Waals surface area (Å²) in [7, 11) is 0. The Morgan fingerprint density at radius 3 is 2.50 bits per heavy atom. The monoisotopic (exact) mass is 273 g/mol. The Morgan fingerprint density at radius 2 is 1.90 bits per heavy atom. The highest BCUT2D eigenvalue weighted by molar-refractivity contribution is 6.03. The van der Waals surface area contributed by atoms with E-state index >= 15 is 0 Å². The second-order valence-electron chi connectivity index (χ2n) is 4.20. The third kappa shape index (κ3) is 2.56. The fourth-order valence-corrected chi connectivity index (χ4v) is 2.14. The van der Waals surface area contributed by atoms with Gasteiger partial charge in [0.1, 0.15) is 5.82 Å². The van der Waals surface area contributed by atoms with Gasteiger partial charge in [0.05, 0.1) is 11.3 Å². The molecule has 0 spiro atoms. The molecule has 0 radical (unpaired) electrons. The van der Waals surface area contributed by atoms with Gasteiger partial charge in [-0.05, 0) is 31.2 Å². The summed E-state index contributed by atoms with van der Waals surface area (Å²) in [6.45, 7) is 2.58. The van der Waals surface area contributed by atoms with Crippen molar-refractivity contribution in [3.8, 4) is 0 Å². The topological polar surface area (TPSA) is 61.8 Å². The van der Waals surface area contributed by atoms with Crippen LogP contribution in [0.4, 0.5) is 15.8 Å². The summed E-state index contributed by atoms with van der Waals surface area (Å²) in [5, 5.41) is 11.8. The first kappa shape index (κ1) is 13.9. The zero-order chi connectivity index (χ0) is 14.5. The molecule has 20 heavy (non-hydrogen) atoms. The number of halogens is 1. The van der Waals surface area contributed by atoms with Crippen molar-refractivity contribution in [1.82, 2.24) is 0 Å². The van der Waals surface area contributed by atoms with Crippen LogP contribution in [0.1, 0.15) is 12.5 Å². The van der Waals surface area contributed by atoms with E-state index in [4.69, 9.17) is 10.9 Å². The van der Waals surface area contributed by atoms with Crippen LogP contribution in [-0.4, -0.2) is 17.6 Å². The molecule has 0 unspecified atom stereocenters. The maximum atomic E-state index is 14.0. The Morgan fingerprint density at radius 1 is 1.20 bits per heavy atom. The number of anilines is 2. The number of nitrogens with zero attached hydrogens (tertiary/aromatic N) is 2. The zero-order valence-electron chi connectivity index (χ0n) is 11.1. The standard InChI is InChI=1S/C15H16FN3O/c1-2-19(11-7-4-3-5-8-11)13-10-6-9-12(16)14(13)15(17)18-20/h3-10,20H,2H2,1H3,(H2,17,18). The Balaban J connectivity index is 2.59. The van der Waals surface area contributed by atoms with Crippen molar-refractivity contribution < 1.29 is 9.60 Å². The summed E-state index contributed by atoms with van der Waals surface area (Å²) in [5.41, 5.74) is 7.17. The van der Waals surface area contributed by atoms with Crippen LogP contribution in [0, 0.1) is 5.82 Å². The summed E-state index contributed by atoms with van der Waals surface area (Å²) in [6, 6.07) is 14.2. The number of rotatable bonds is 4. The van der Waals surface area contributed by atoms with Crippen LogP contribution >= 0.6 is 0 Å². The first-order chi connectivity index (χ1) is 9.69. The van der Waals surface area contributed by atoms with E-state index in [0.29, 0.717) is 12.2 Å². The average Bonchev–Trinajstić information content (AvgIpc) is 2.48. The minimum absolute atomic E-state index is 0.0979. The lowest BCUT2D eigenvalue weighted by molar-refractivity contribution is 0.318. The Hall–Kier alpha value is -2.56. The highest BCUT2D eigenvalue weighted by atomic mass is 19.1. The smallest absolute Gasteiger partial charge is 0.175 e. The largest absolute Gasteiger partial charge is 0.409 e. The van der Waals surface area contributed by atoms with Gasteiger partial charge in [-0.15, -0.1) is 0 Å². The molecule has 0 aliphatic heterocycles. The summed E-state index contributed by atoms with van der Waals surface area (Å²) < 4.78 is 14.0. The first-order valence-corrected chi connectivity index (χ1v) is 6.28. The number of hydrogen-bond acceptors (Lipinski definition) is 3. The highest BCUT2D eigenvalue weighted by Gasteiger charge is 2.18. The van der Waals surface area contributed by atoms with E-state index in [0.717, 1.165) is 5.69 Å². The second-order valence-corrected chi connectivity index (χ2v) is 4.20. The minimum Gasteiger partial charge on any atom is -0.409 e. The number of oxime groups is 1. The quantitative estimate of drug-likeness (QED) is 0.389. The maximum absolute atomic E-state index is 14.0. The zero-order valence-corrected chi connectivity index (χ0v) is 11.1. The van der Waals surface area contributed by atoms with Gasteiger partial charge in [0, 0.05) is 12.2 Å². The van der Waals surface area contributed by atoms with Crippen LogP contribution in [0.5, 0.6) is 0 Å². The van der Waals surface area contributed by atoms with Crippen LogP contribution in [0.15, 0.2) is 53.7 Å². The Bertz CT molecular complexity index is 614. The molecular weight excluding hydrogens is 257 g/mol. The predicted molar refractivity (Wildman–Crippen MR) is 78.0 cm³/mol. The Labute approximate surface area is 116 Å². The SMILES string of the molecule is CCN(c1ccccc1)c1cccc(F)c1C(N)=NO. The fraction of sp³-hybridized carbons (Fsp3) is 0.133. The van der Waals surface area contributed by atoms with Gasteiger partial charge in [-0.3, -0.25) is 0 Å². The molecule has 2 aromatic rings. The molecule has 0 aliphatic rings. The van der Waals surface area contributed by atoms with E-state index in [2.05, 4.69) is 5.16 Å². The number of benzene rings is 2. The Kier molecular flexibility index (Phi) is 4.20. The summed E-state index contributed by atoms with van der Waals surface area (Å²) in [5.74, 6) is -0.764. The summed E-state index contributed by atoms with van der Waals surface area (Å²) in [6.07, 6.45) is 0. The van der Waals surface area contributed by atoms with Gasteiger partial charge in [0.15, 0.2) is 5.84 Å². The lowest BCUT2D eigenvalue weighted by Crippen LogP contribution is -2.23. The summed E-state index contributed by atoms with van der Waals surface area (Å²) >= 11 is 0. The van der Waals surface area contributed by atoms with E-state index in [1.807, 2.05) is 42.2 Å². The van der Waals surface area contributed by atoms with Crippen molar-refractivity contribution in [2.45, 2.75) is 6.92 Å². The predicted octanol–water partition coefficient (Wildman–Crippen LogP) is 3.08. The molecule has 0 saturated heterocycles. The van der Waals surface area contributed by atoms with Crippen LogP contribution < -0.4 is 10.6 Å².